The monoisotopic (exact) mass is 268 g/mol. The molecule has 0 radical (unpaired) electrons. The fourth-order valence-electron chi connectivity index (χ4n) is 2.41. The van der Waals surface area contributed by atoms with Crippen molar-refractivity contribution in [2.45, 2.75) is 12.5 Å². The highest BCUT2D eigenvalue weighted by Gasteiger charge is 2.12. The van der Waals surface area contributed by atoms with Gasteiger partial charge in [-0.15, -0.1) is 0 Å². The van der Waals surface area contributed by atoms with Gasteiger partial charge in [0.25, 0.3) is 0 Å². The maximum atomic E-state index is 10.3. The van der Waals surface area contributed by atoms with Crippen LogP contribution < -0.4 is 4.74 Å². The van der Waals surface area contributed by atoms with Crippen molar-refractivity contribution < 1.29 is 14.3 Å². The quantitative estimate of drug-likeness (QED) is 0.784. The Morgan fingerprint density at radius 1 is 1.20 bits per heavy atom. The molecule has 0 spiro atoms. The van der Waals surface area contributed by atoms with Crippen molar-refractivity contribution in [3.8, 4) is 5.75 Å². The van der Waals surface area contributed by atoms with Crippen LogP contribution in [0.2, 0.25) is 0 Å². The molecule has 0 saturated heterocycles. The van der Waals surface area contributed by atoms with Gasteiger partial charge in [0.2, 0.25) is 0 Å². The van der Waals surface area contributed by atoms with Gasteiger partial charge in [-0.1, -0.05) is 24.3 Å². The van der Waals surface area contributed by atoms with Crippen LogP contribution in [0.25, 0.3) is 10.8 Å². The summed E-state index contributed by atoms with van der Waals surface area (Å²) >= 11 is 0. The largest absolute Gasteiger partial charge is 0.497 e. The highest BCUT2D eigenvalue weighted by molar-refractivity contribution is 5.87. The molecule has 3 aromatic rings. The Kier molecular flexibility index (Phi) is 3.44. The maximum absolute atomic E-state index is 10.3. The summed E-state index contributed by atoms with van der Waals surface area (Å²) in [6.45, 7) is 0. The lowest BCUT2D eigenvalue weighted by Crippen LogP contribution is -2.01. The van der Waals surface area contributed by atoms with Crippen LogP contribution in [0.4, 0.5) is 0 Å². The van der Waals surface area contributed by atoms with E-state index in [-0.39, 0.29) is 0 Å². The van der Waals surface area contributed by atoms with Crippen LogP contribution in [-0.2, 0) is 6.42 Å². The molecular formula is C17H16O3. The Balaban J connectivity index is 1.98. The van der Waals surface area contributed by atoms with Gasteiger partial charge >= 0.3 is 0 Å². The zero-order valence-electron chi connectivity index (χ0n) is 11.2. The van der Waals surface area contributed by atoms with Gasteiger partial charge in [0.15, 0.2) is 0 Å². The molecule has 0 aliphatic rings. The smallest absolute Gasteiger partial charge is 0.119 e. The average Bonchev–Trinajstić information content (AvgIpc) is 3.01. The molecule has 102 valence electrons. The first kappa shape index (κ1) is 12.8. The second-order valence-corrected chi connectivity index (χ2v) is 4.78. The number of aliphatic hydroxyl groups is 1. The molecule has 2 aromatic carbocycles. The number of hydrogen-bond donors (Lipinski definition) is 1. The minimum atomic E-state index is -0.564. The van der Waals surface area contributed by atoms with E-state index in [2.05, 4.69) is 6.07 Å². The molecule has 0 amide bonds. The molecule has 3 nitrogen and oxygen atoms in total. The molecule has 0 aliphatic carbocycles. The normalized spacial score (nSPS) is 12.5. The predicted molar refractivity (Wildman–Crippen MR) is 77.9 cm³/mol. The Morgan fingerprint density at radius 3 is 2.85 bits per heavy atom. The number of furan rings is 1. The highest BCUT2D eigenvalue weighted by atomic mass is 16.5. The second kappa shape index (κ2) is 5.39. The topological polar surface area (TPSA) is 42.6 Å². The summed E-state index contributed by atoms with van der Waals surface area (Å²) in [6, 6.07) is 13.9. The standard InChI is InChI=1S/C17H16O3/c1-19-15-6-5-12-3-2-4-13(16(12)10-15)9-17(18)14-7-8-20-11-14/h2-8,10-11,17-18H,9H2,1H3. The number of fused-ring (bicyclic) bond motifs is 1. The summed E-state index contributed by atoms with van der Waals surface area (Å²) in [5, 5.41) is 12.5. The molecule has 1 N–H and O–H groups in total. The first-order chi connectivity index (χ1) is 9.78. The number of rotatable bonds is 4. The molecule has 1 unspecified atom stereocenters. The third kappa shape index (κ3) is 2.40. The Labute approximate surface area is 117 Å². The molecule has 1 heterocycles. The molecule has 20 heavy (non-hydrogen) atoms. The fourth-order valence-corrected chi connectivity index (χ4v) is 2.41. The van der Waals surface area contributed by atoms with Crippen LogP contribution in [-0.4, -0.2) is 12.2 Å². The van der Waals surface area contributed by atoms with Crippen molar-refractivity contribution in [2.75, 3.05) is 7.11 Å². The second-order valence-electron chi connectivity index (χ2n) is 4.78. The summed E-state index contributed by atoms with van der Waals surface area (Å²) in [5.41, 5.74) is 1.89. The summed E-state index contributed by atoms with van der Waals surface area (Å²) in [5.74, 6) is 0.822. The lowest BCUT2D eigenvalue weighted by molar-refractivity contribution is 0.178. The van der Waals surface area contributed by atoms with Gasteiger partial charge in [-0.05, 0) is 34.5 Å². The van der Waals surface area contributed by atoms with Gasteiger partial charge in [-0.2, -0.15) is 0 Å². The molecule has 0 bridgehead atoms. The van der Waals surface area contributed by atoms with E-state index < -0.39 is 6.10 Å². The van der Waals surface area contributed by atoms with Crippen LogP contribution in [0, 0.1) is 0 Å². The van der Waals surface area contributed by atoms with E-state index in [9.17, 15) is 5.11 Å². The number of benzene rings is 2. The third-order valence-electron chi connectivity index (χ3n) is 3.52. The average molecular weight is 268 g/mol. The predicted octanol–water partition coefficient (Wildman–Crippen LogP) is 3.72. The third-order valence-corrected chi connectivity index (χ3v) is 3.52. The Morgan fingerprint density at radius 2 is 2.10 bits per heavy atom. The van der Waals surface area contributed by atoms with E-state index in [1.165, 1.54) is 0 Å². The number of methoxy groups -OCH3 is 1. The van der Waals surface area contributed by atoms with E-state index in [1.54, 1.807) is 25.7 Å². The number of aliphatic hydroxyl groups excluding tert-OH is 1. The maximum Gasteiger partial charge on any atom is 0.119 e. The summed E-state index contributed by atoms with van der Waals surface area (Å²) in [4.78, 5) is 0. The summed E-state index contributed by atoms with van der Waals surface area (Å²) in [7, 11) is 1.66. The first-order valence-electron chi connectivity index (χ1n) is 6.54. The highest BCUT2D eigenvalue weighted by Crippen LogP contribution is 2.27. The SMILES string of the molecule is COc1ccc2cccc(CC(O)c3ccoc3)c2c1. The molecule has 1 atom stereocenters. The van der Waals surface area contributed by atoms with Crippen LogP contribution in [0.15, 0.2) is 59.4 Å². The zero-order valence-corrected chi connectivity index (χ0v) is 11.2. The molecule has 1 aromatic heterocycles. The van der Waals surface area contributed by atoms with E-state index in [0.29, 0.717) is 6.42 Å². The van der Waals surface area contributed by atoms with Crippen LogP contribution in [0.3, 0.4) is 0 Å². The van der Waals surface area contributed by atoms with Crippen LogP contribution in [0.5, 0.6) is 5.75 Å². The van der Waals surface area contributed by atoms with Gasteiger partial charge in [0, 0.05) is 12.0 Å². The van der Waals surface area contributed by atoms with Gasteiger partial charge in [-0.25, -0.2) is 0 Å². The van der Waals surface area contributed by atoms with Gasteiger partial charge in [0.05, 0.1) is 25.7 Å². The Bertz CT molecular complexity index is 701. The molecule has 0 saturated carbocycles. The minimum Gasteiger partial charge on any atom is -0.497 e. The zero-order chi connectivity index (χ0) is 13.9. The van der Waals surface area contributed by atoms with E-state index in [1.807, 2.05) is 30.3 Å². The molecular weight excluding hydrogens is 252 g/mol. The van der Waals surface area contributed by atoms with E-state index in [4.69, 9.17) is 9.15 Å². The molecule has 3 heteroatoms. The number of ether oxygens (including phenoxy) is 1. The van der Waals surface area contributed by atoms with Gasteiger partial charge < -0.3 is 14.3 Å². The summed E-state index contributed by atoms with van der Waals surface area (Å²) in [6.07, 6.45) is 3.14. The van der Waals surface area contributed by atoms with E-state index in [0.717, 1.165) is 27.6 Å². The molecule has 0 aliphatic heterocycles. The van der Waals surface area contributed by atoms with Crippen LogP contribution in [0.1, 0.15) is 17.2 Å². The van der Waals surface area contributed by atoms with Gasteiger partial charge in [0.1, 0.15) is 5.75 Å². The molecule has 0 fully saturated rings. The van der Waals surface area contributed by atoms with E-state index >= 15 is 0 Å². The lowest BCUT2D eigenvalue weighted by atomic mass is 9.97. The van der Waals surface area contributed by atoms with Crippen molar-refractivity contribution in [2.24, 2.45) is 0 Å². The van der Waals surface area contributed by atoms with Crippen molar-refractivity contribution in [1.82, 2.24) is 0 Å². The summed E-state index contributed by atoms with van der Waals surface area (Å²) < 4.78 is 10.3. The van der Waals surface area contributed by atoms with Crippen molar-refractivity contribution >= 4 is 10.8 Å². The Hall–Kier alpha value is -2.26. The van der Waals surface area contributed by atoms with Gasteiger partial charge in [-0.3, -0.25) is 0 Å². The van der Waals surface area contributed by atoms with Crippen molar-refractivity contribution in [3.63, 3.8) is 0 Å². The first-order valence-corrected chi connectivity index (χ1v) is 6.54. The number of hydrogen-bond acceptors (Lipinski definition) is 3. The molecule has 3 rings (SSSR count). The van der Waals surface area contributed by atoms with Crippen molar-refractivity contribution in [1.29, 1.82) is 0 Å². The minimum absolute atomic E-state index is 0.546. The lowest BCUT2D eigenvalue weighted by Gasteiger charge is -2.12. The fraction of sp³-hybridized carbons (Fsp3) is 0.176. The van der Waals surface area contributed by atoms with Crippen molar-refractivity contribution in [3.05, 3.63) is 66.1 Å². The van der Waals surface area contributed by atoms with Crippen LogP contribution >= 0.6 is 0 Å².